The van der Waals surface area contributed by atoms with Crippen LogP contribution in [0.3, 0.4) is 0 Å². The van der Waals surface area contributed by atoms with Gasteiger partial charge in [0.2, 0.25) is 0 Å². The summed E-state index contributed by atoms with van der Waals surface area (Å²) in [6.07, 6.45) is 0.418. The van der Waals surface area contributed by atoms with Gasteiger partial charge >= 0.3 is 0 Å². The molecule has 5 heteroatoms. The van der Waals surface area contributed by atoms with Gasteiger partial charge in [-0.05, 0) is 43.5 Å². The zero-order chi connectivity index (χ0) is 14.0. The highest BCUT2D eigenvalue weighted by Crippen LogP contribution is 2.33. The highest BCUT2D eigenvalue weighted by molar-refractivity contribution is 5.97. The molecule has 2 rings (SSSR count). The molecule has 0 spiro atoms. The van der Waals surface area contributed by atoms with Gasteiger partial charge in [-0.1, -0.05) is 13.0 Å². The van der Waals surface area contributed by atoms with E-state index in [0.717, 1.165) is 12.0 Å². The largest absolute Gasteiger partial charge is 0.479 e. The van der Waals surface area contributed by atoms with E-state index in [0.29, 0.717) is 23.9 Å². The minimum Gasteiger partial charge on any atom is -0.479 e. The van der Waals surface area contributed by atoms with Gasteiger partial charge in [-0.15, -0.1) is 0 Å². The van der Waals surface area contributed by atoms with Crippen LogP contribution in [0.15, 0.2) is 18.2 Å². The van der Waals surface area contributed by atoms with Gasteiger partial charge in [0.05, 0.1) is 5.69 Å². The zero-order valence-corrected chi connectivity index (χ0v) is 11.3. The van der Waals surface area contributed by atoms with Crippen LogP contribution in [0.25, 0.3) is 0 Å². The fourth-order valence-corrected chi connectivity index (χ4v) is 2.20. The van der Waals surface area contributed by atoms with Crippen molar-refractivity contribution in [2.24, 2.45) is 17.4 Å². The van der Waals surface area contributed by atoms with Crippen LogP contribution in [0.2, 0.25) is 0 Å². The predicted molar refractivity (Wildman–Crippen MR) is 74.9 cm³/mol. The molecular weight excluding hydrogens is 242 g/mol. The number of hydrogen-bond donors (Lipinski definition) is 3. The van der Waals surface area contributed by atoms with Gasteiger partial charge in [0.1, 0.15) is 5.75 Å². The van der Waals surface area contributed by atoms with Crippen molar-refractivity contribution in [3.05, 3.63) is 23.8 Å². The summed E-state index contributed by atoms with van der Waals surface area (Å²) in [5, 5.41) is 2.83. The Balaban J connectivity index is 2.21. The number of rotatable bonds is 4. The van der Waals surface area contributed by atoms with E-state index >= 15 is 0 Å². The minimum absolute atomic E-state index is 0.0925. The molecule has 1 aromatic carbocycles. The van der Waals surface area contributed by atoms with E-state index in [9.17, 15) is 4.79 Å². The minimum atomic E-state index is -0.455. The fraction of sp³-hybridized carbons (Fsp3) is 0.500. The second-order valence-corrected chi connectivity index (χ2v) is 5.09. The van der Waals surface area contributed by atoms with Crippen molar-refractivity contribution in [3.63, 3.8) is 0 Å². The third kappa shape index (κ3) is 2.88. The standard InChI is InChI=1S/C14H21N3O2/c1-8(5-6-15)13(16)10-3-4-12-11(7-10)17-14(18)9(2)19-12/h3-4,7-9,13H,5-6,15-16H2,1-2H3,(H,17,18). The van der Waals surface area contributed by atoms with Gasteiger partial charge in [0.25, 0.3) is 5.91 Å². The average molecular weight is 263 g/mol. The van der Waals surface area contributed by atoms with Gasteiger partial charge in [-0.3, -0.25) is 4.79 Å². The lowest BCUT2D eigenvalue weighted by atomic mass is 9.92. The van der Waals surface area contributed by atoms with E-state index < -0.39 is 6.10 Å². The summed E-state index contributed by atoms with van der Waals surface area (Å²) in [5.41, 5.74) is 13.4. The van der Waals surface area contributed by atoms with Crippen molar-refractivity contribution >= 4 is 11.6 Å². The summed E-state index contributed by atoms with van der Waals surface area (Å²) < 4.78 is 5.51. The van der Waals surface area contributed by atoms with E-state index in [4.69, 9.17) is 16.2 Å². The van der Waals surface area contributed by atoms with Crippen LogP contribution in [0.1, 0.15) is 31.9 Å². The van der Waals surface area contributed by atoms with Crippen LogP contribution < -0.4 is 21.5 Å². The molecule has 1 amide bonds. The molecule has 1 aromatic rings. The van der Waals surface area contributed by atoms with Crippen LogP contribution in [0.5, 0.6) is 5.75 Å². The van der Waals surface area contributed by atoms with E-state index in [1.807, 2.05) is 18.2 Å². The summed E-state index contributed by atoms with van der Waals surface area (Å²) in [6, 6.07) is 5.60. The molecule has 19 heavy (non-hydrogen) atoms. The molecule has 1 heterocycles. The number of nitrogens with two attached hydrogens (primary N) is 2. The van der Waals surface area contributed by atoms with Gasteiger partial charge < -0.3 is 21.5 Å². The van der Waals surface area contributed by atoms with Crippen LogP contribution in [-0.2, 0) is 4.79 Å². The number of benzene rings is 1. The van der Waals surface area contributed by atoms with Crippen molar-refractivity contribution < 1.29 is 9.53 Å². The molecule has 0 bridgehead atoms. The molecule has 1 aliphatic heterocycles. The van der Waals surface area contributed by atoms with Gasteiger partial charge in [0, 0.05) is 6.04 Å². The Morgan fingerprint density at radius 3 is 2.89 bits per heavy atom. The van der Waals surface area contributed by atoms with Crippen LogP contribution in [0, 0.1) is 5.92 Å². The third-order valence-electron chi connectivity index (χ3n) is 3.55. The van der Waals surface area contributed by atoms with Crippen molar-refractivity contribution in [3.8, 4) is 5.75 Å². The Morgan fingerprint density at radius 2 is 2.21 bits per heavy atom. The first-order chi connectivity index (χ1) is 9.02. The maximum Gasteiger partial charge on any atom is 0.265 e. The Morgan fingerprint density at radius 1 is 1.47 bits per heavy atom. The van der Waals surface area contributed by atoms with E-state index in [1.54, 1.807) is 6.92 Å². The maximum absolute atomic E-state index is 11.6. The van der Waals surface area contributed by atoms with Gasteiger partial charge in [-0.2, -0.15) is 0 Å². The first kappa shape index (κ1) is 13.8. The quantitative estimate of drug-likeness (QED) is 0.765. The average Bonchev–Trinajstić information content (AvgIpc) is 2.39. The second kappa shape index (κ2) is 5.59. The molecule has 3 atom stereocenters. The monoisotopic (exact) mass is 263 g/mol. The second-order valence-electron chi connectivity index (χ2n) is 5.09. The van der Waals surface area contributed by atoms with Gasteiger partial charge in [-0.25, -0.2) is 0 Å². The lowest BCUT2D eigenvalue weighted by Crippen LogP contribution is -2.34. The summed E-state index contributed by atoms with van der Waals surface area (Å²) >= 11 is 0. The summed E-state index contributed by atoms with van der Waals surface area (Å²) in [4.78, 5) is 11.6. The Labute approximate surface area is 113 Å². The maximum atomic E-state index is 11.6. The summed E-state index contributed by atoms with van der Waals surface area (Å²) in [5.74, 6) is 0.852. The normalized spacial score (nSPS) is 21.1. The molecule has 0 fully saturated rings. The molecule has 0 aliphatic carbocycles. The lowest BCUT2D eigenvalue weighted by Gasteiger charge is -2.26. The first-order valence-electron chi connectivity index (χ1n) is 6.60. The zero-order valence-electron chi connectivity index (χ0n) is 11.3. The molecule has 3 unspecified atom stereocenters. The van der Waals surface area contributed by atoms with E-state index in [-0.39, 0.29) is 11.9 Å². The molecular formula is C14H21N3O2. The third-order valence-corrected chi connectivity index (χ3v) is 3.55. The summed E-state index contributed by atoms with van der Waals surface area (Å²) in [7, 11) is 0. The predicted octanol–water partition coefficient (Wildman–Crippen LogP) is 1.39. The number of fused-ring (bicyclic) bond motifs is 1. The Hall–Kier alpha value is -1.59. The Bertz CT molecular complexity index is 476. The lowest BCUT2D eigenvalue weighted by molar-refractivity contribution is -0.122. The summed E-state index contributed by atoms with van der Waals surface area (Å²) in [6.45, 7) is 4.42. The number of ether oxygens (including phenoxy) is 1. The number of amides is 1. The number of carbonyl (C=O) groups excluding carboxylic acids is 1. The molecule has 1 aliphatic rings. The number of hydrogen-bond acceptors (Lipinski definition) is 4. The molecule has 0 saturated carbocycles. The number of nitrogens with one attached hydrogen (secondary N) is 1. The van der Waals surface area contributed by atoms with Crippen LogP contribution >= 0.6 is 0 Å². The topological polar surface area (TPSA) is 90.4 Å². The molecule has 5 N–H and O–H groups in total. The van der Waals surface area contributed by atoms with Crippen LogP contribution in [0.4, 0.5) is 5.69 Å². The van der Waals surface area contributed by atoms with Gasteiger partial charge in [0.15, 0.2) is 6.10 Å². The highest BCUT2D eigenvalue weighted by atomic mass is 16.5. The first-order valence-corrected chi connectivity index (χ1v) is 6.60. The van der Waals surface area contributed by atoms with E-state index in [1.165, 1.54) is 0 Å². The number of anilines is 1. The molecule has 5 nitrogen and oxygen atoms in total. The van der Waals surface area contributed by atoms with Crippen molar-refractivity contribution in [1.29, 1.82) is 0 Å². The molecule has 0 saturated heterocycles. The molecule has 0 aromatic heterocycles. The van der Waals surface area contributed by atoms with Crippen molar-refractivity contribution in [2.45, 2.75) is 32.4 Å². The molecule has 104 valence electrons. The van der Waals surface area contributed by atoms with E-state index in [2.05, 4.69) is 12.2 Å². The van der Waals surface area contributed by atoms with Crippen LogP contribution in [-0.4, -0.2) is 18.6 Å². The SMILES string of the molecule is CC1Oc2ccc(C(N)C(C)CCN)cc2NC1=O. The number of carbonyl (C=O) groups is 1. The molecule has 0 radical (unpaired) electrons. The fourth-order valence-electron chi connectivity index (χ4n) is 2.20. The highest BCUT2D eigenvalue weighted by Gasteiger charge is 2.24. The Kier molecular flexibility index (Phi) is 4.07. The van der Waals surface area contributed by atoms with Crippen molar-refractivity contribution in [2.75, 3.05) is 11.9 Å². The smallest absolute Gasteiger partial charge is 0.265 e. The van der Waals surface area contributed by atoms with Crippen molar-refractivity contribution in [1.82, 2.24) is 0 Å².